The second-order valence-electron chi connectivity index (χ2n) is 7.94. The maximum Gasteiger partial charge on any atom is 0.228 e. The summed E-state index contributed by atoms with van der Waals surface area (Å²) >= 11 is 6.15. The molecule has 0 radical (unpaired) electrons. The fourth-order valence-electron chi connectivity index (χ4n) is 4.34. The van der Waals surface area contributed by atoms with E-state index in [1.54, 1.807) is 19.2 Å². The number of nitrogens with one attached hydrogen (secondary N) is 1. The molecule has 1 aromatic rings. The number of methoxy groups -OCH3 is 1. The Balaban J connectivity index is 1.51. The van der Waals surface area contributed by atoms with Gasteiger partial charge in [0.1, 0.15) is 5.75 Å². The van der Waals surface area contributed by atoms with Crippen LogP contribution in [0.1, 0.15) is 46.0 Å². The fourth-order valence-corrected chi connectivity index (χ4v) is 4.60. The maximum atomic E-state index is 12.7. The van der Waals surface area contributed by atoms with E-state index in [-0.39, 0.29) is 17.2 Å². The lowest BCUT2D eigenvalue weighted by Gasteiger charge is -2.34. The quantitative estimate of drug-likeness (QED) is 0.739. The van der Waals surface area contributed by atoms with Crippen molar-refractivity contribution in [3.05, 3.63) is 23.2 Å². The second-order valence-corrected chi connectivity index (χ2v) is 8.35. The third-order valence-electron chi connectivity index (χ3n) is 6.45. The van der Waals surface area contributed by atoms with Gasteiger partial charge in [-0.2, -0.15) is 0 Å². The van der Waals surface area contributed by atoms with E-state index in [2.05, 4.69) is 24.1 Å². The summed E-state index contributed by atoms with van der Waals surface area (Å²) in [7, 11) is 1.59. The Hall–Kier alpha value is -1.26. The molecule has 26 heavy (non-hydrogen) atoms. The van der Waals surface area contributed by atoms with Gasteiger partial charge in [-0.3, -0.25) is 4.79 Å². The average molecular weight is 379 g/mol. The number of ether oxygens (including phenoxy) is 1. The average Bonchev–Trinajstić information content (AvgIpc) is 3.35. The summed E-state index contributed by atoms with van der Waals surface area (Å²) in [6.45, 7) is 8.05. The molecule has 3 rings (SSSR count). The van der Waals surface area contributed by atoms with Gasteiger partial charge in [0.25, 0.3) is 0 Å². The van der Waals surface area contributed by atoms with Crippen LogP contribution >= 0.6 is 11.6 Å². The molecule has 5 heteroatoms. The van der Waals surface area contributed by atoms with Crippen molar-refractivity contribution in [3.8, 4) is 5.75 Å². The lowest BCUT2D eigenvalue weighted by molar-refractivity contribution is -0.118. The molecular weight excluding hydrogens is 348 g/mol. The zero-order valence-corrected chi connectivity index (χ0v) is 16.9. The monoisotopic (exact) mass is 378 g/mol. The van der Waals surface area contributed by atoms with E-state index in [0.717, 1.165) is 44.0 Å². The van der Waals surface area contributed by atoms with Gasteiger partial charge in [0.15, 0.2) is 0 Å². The van der Waals surface area contributed by atoms with E-state index >= 15 is 0 Å². The van der Waals surface area contributed by atoms with Crippen LogP contribution in [-0.4, -0.2) is 37.6 Å². The maximum absolute atomic E-state index is 12.7. The highest BCUT2D eigenvalue weighted by molar-refractivity contribution is 6.32. The molecule has 1 spiro atoms. The van der Waals surface area contributed by atoms with Crippen LogP contribution < -0.4 is 10.1 Å². The minimum absolute atomic E-state index is 0.139. The molecule has 1 amide bonds. The first-order chi connectivity index (χ1) is 12.5. The normalized spacial score (nSPS) is 21.8. The number of hydrogen-bond donors (Lipinski definition) is 1. The molecule has 2 aliphatic rings. The summed E-state index contributed by atoms with van der Waals surface area (Å²) in [5.41, 5.74) is 0.985. The molecule has 1 unspecified atom stereocenters. The summed E-state index contributed by atoms with van der Waals surface area (Å²) in [5.74, 6) is 1.72. The van der Waals surface area contributed by atoms with Gasteiger partial charge >= 0.3 is 0 Å². The number of carbonyl (C=O) groups is 1. The van der Waals surface area contributed by atoms with Crippen LogP contribution in [0.2, 0.25) is 5.02 Å². The van der Waals surface area contributed by atoms with Crippen molar-refractivity contribution in [2.75, 3.05) is 32.1 Å². The molecule has 1 aromatic carbocycles. The molecule has 144 valence electrons. The molecule has 4 nitrogen and oxygen atoms in total. The minimum Gasteiger partial charge on any atom is -0.495 e. The third-order valence-corrected chi connectivity index (χ3v) is 6.74. The predicted octanol–water partition coefficient (Wildman–Crippen LogP) is 4.83. The molecular formula is C21H31ClN2O2. The molecule has 0 aromatic heterocycles. The van der Waals surface area contributed by atoms with Gasteiger partial charge in [0.2, 0.25) is 5.91 Å². The number of carbonyl (C=O) groups excluding carboxylic acids is 1. The summed E-state index contributed by atoms with van der Waals surface area (Å²) in [4.78, 5) is 15.3. The number of anilines is 1. The van der Waals surface area contributed by atoms with Crippen molar-refractivity contribution in [3.63, 3.8) is 0 Å². The topological polar surface area (TPSA) is 41.6 Å². The van der Waals surface area contributed by atoms with E-state index in [9.17, 15) is 4.79 Å². The van der Waals surface area contributed by atoms with Gasteiger partial charge in [-0.15, -0.1) is 0 Å². The van der Waals surface area contributed by atoms with Crippen LogP contribution in [0.4, 0.5) is 5.69 Å². The van der Waals surface area contributed by atoms with Crippen molar-refractivity contribution < 1.29 is 9.53 Å². The van der Waals surface area contributed by atoms with Crippen molar-refractivity contribution in [1.82, 2.24) is 4.90 Å². The van der Waals surface area contributed by atoms with Gasteiger partial charge in [0, 0.05) is 18.2 Å². The Labute approximate surface area is 162 Å². The minimum atomic E-state index is 0.139. The number of nitrogens with zero attached hydrogens (tertiary/aromatic N) is 1. The summed E-state index contributed by atoms with van der Waals surface area (Å²) in [5, 5.41) is 3.56. The molecule has 1 heterocycles. The Kier molecular flexibility index (Phi) is 6.13. The van der Waals surface area contributed by atoms with Crippen LogP contribution in [0.5, 0.6) is 5.75 Å². The number of benzene rings is 1. The molecule has 1 saturated heterocycles. The molecule has 1 saturated carbocycles. The van der Waals surface area contributed by atoms with Gasteiger partial charge in [-0.25, -0.2) is 0 Å². The highest BCUT2D eigenvalue weighted by atomic mass is 35.5. The van der Waals surface area contributed by atoms with Gasteiger partial charge in [0.05, 0.1) is 12.1 Å². The van der Waals surface area contributed by atoms with Gasteiger partial charge in [-0.1, -0.05) is 38.3 Å². The van der Waals surface area contributed by atoms with Crippen LogP contribution in [-0.2, 0) is 4.79 Å². The first kappa shape index (κ1) is 19.5. The molecule has 1 aliphatic carbocycles. The summed E-state index contributed by atoms with van der Waals surface area (Å²) in [6.07, 6.45) is 5.84. The SMILES string of the molecule is CCC(CC)CN1CCC2(CC1)CC2C(=O)Nc1ccc(OC)c(Cl)c1. The van der Waals surface area contributed by atoms with E-state index in [1.165, 1.54) is 19.4 Å². The largest absolute Gasteiger partial charge is 0.495 e. The Morgan fingerprint density at radius 2 is 2.04 bits per heavy atom. The van der Waals surface area contributed by atoms with Crippen molar-refractivity contribution in [1.29, 1.82) is 0 Å². The Bertz CT molecular complexity index is 637. The number of hydrogen-bond acceptors (Lipinski definition) is 3. The number of likely N-dealkylation sites (tertiary alicyclic amines) is 1. The zero-order chi connectivity index (χ0) is 18.7. The number of amides is 1. The van der Waals surface area contributed by atoms with Crippen molar-refractivity contribution >= 4 is 23.2 Å². The molecule has 2 fully saturated rings. The highest BCUT2D eigenvalue weighted by Crippen LogP contribution is 2.59. The van der Waals surface area contributed by atoms with E-state index in [4.69, 9.17) is 16.3 Å². The van der Waals surface area contributed by atoms with Crippen LogP contribution in [0, 0.1) is 17.3 Å². The number of rotatable bonds is 7. The lowest BCUT2D eigenvalue weighted by Crippen LogP contribution is -2.38. The van der Waals surface area contributed by atoms with Crippen LogP contribution in [0.25, 0.3) is 0 Å². The first-order valence-electron chi connectivity index (χ1n) is 9.88. The lowest BCUT2D eigenvalue weighted by atomic mass is 9.89. The molecule has 0 bridgehead atoms. The predicted molar refractivity (Wildman–Crippen MR) is 107 cm³/mol. The molecule has 1 N–H and O–H groups in total. The first-order valence-corrected chi connectivity index (χ1v) is 10.3. The number of piperidine rings is 1. The molecule has 1 atom stereocenters. The number of halogens is 1. The smallest absolute Gasteiger partial charge is 0.228 e. The zero-order valence-electron chi connectivity index (χ0n) is 16.2. The standard InChI is InChI=1S/C21H31ClN2O2/c1-4-15(5-2)14-24-10-8-21(9-11-24)13-17(21)20(25)23-16-6-7-19(26-3)18(22)12-16/h6-7,12,15,17H,4-5,8-11,13-14H2,1-3H3,(H,23,25). The Morgan fingerprint density at radius 3 is 2.62 bits per heavy atom. The third kappa shape index (κ3) is 4.17. The summed E-state index contributed by atoms with van der Waals surface area (Å²) < 4.78 is 5.16. The highest BCUT2D eigenvalue weighted by Gasteiger charge is 2.58. The van der Waals surface area contributed by atoms with Crippen LogP contribution in [0.3, 0.4) is 0 Å². The van der Waals surface area contributed by atoms with E-state index in [0.29, 0.717) is 10.8 Å². The van der Waals surface area contributed by atoms with Crippen LogP contribution in [0.15, 0.2) is 18.2 Å². The summed E-state index contributed by atoms with van der Waals surface area (Å²) in [6, 6.07) is 5.39. The van der Waals surface area contributed by atoms with E-state index < -0.39 is 0 Å². The second kappa shape index (κ2) is 8.18. The van der Waals surface area contributed by atoms with Gasteiger partial charge in [-0.05, 0) is 61.9 Å². The van der Waals surface area contributed by atoms with Crippen molar-refractivity contribution in [2.24, 2.45) is 17.3 Å². The van der Waals surface area contributed by atoms with Gasteiger partial charge < -0.3 is 15.0 Å². The fraction of sp³-hybridized carbons (Fsp3) is 0.667. The molecule has 1 aliphatic heterocycles. The Morgan fingerprint density at radius 1 is 1.35 bits per heavy atom. The van der Waals surface area contributed by atoms with E-state index in [1.807, 2.05) is 6.07 Å². The van der Waals surface area contributed by atoms with Crippen molar-refractivity contribution in [2.45, 2.75) is 46.0 Å².